The number of likely N-dealkylation sites (tertiary alicyclic amines) is 1. The molecule has 2 fully saturated rings. The van der Waals surface area contributed by atoms with E-state index in [1.807, 2.05) is 11.8 Å². The van der Waals surface area contributed by atoms with Gasteiger partial charge >= 0.3 is 6.09 Å². The molecule has 2 saturated heterocycles. The largest absolute Gasteiger partial charge is 0.450 e. The number of carbonyl (C=O) groups excluding carboxylic acids is 1. The van der Waals surface area contributed by atoms with E-state index >= 15 is 0 Å². The monoisotopic (exact) mass is 255 g/mol. The normalized spacial score (nSPS) is 26.1. The minimum absolute atomic E-state index is 0.157. The lowest BCUT2D eigenvalue weighted by Crippen LogP contribution is -2.51. The van der Waals surface area contributed by atoms with Crippen molar-refractivity contribution in [3.05, 3.63) is 0 Å². The Balaban J connectivity index is 1.68. The highest BCUT2D eigenvalue weighted by Crippen LogP contribution is 2.13. The van der Waals surface area contributed by atoms with Gasteiger partial charge in [0.2, 0.25) is 0 Å². The molecule has 0 aromatic carbocycles. The molecule has 2 heterocycles. The Morgan fingerprint density at radius 1 is 1.33 bits per heavy atom. The van der Waals surface area contributed by atoms with E-state index in [-0.39, 0.29) is 6.09 Å². The summed E-state index contributed by atoms with van der Waals surface area (Å²) in [6, 6.07) is 1.17. The van der Waals surface area contributed by atoms with E-state index in [2.05, 4.69) is 10.6 Å². The predicted octanol–water partition coefficient (Wildman–Crippen LogP) is 0.949. The number of hydrogen-bond acceptors (Lipinski definition) is 4. The van der Waals surface area contributed by atoms with Crippen LogP contribution < -0.4 is 10.6 Å². The van der Waals surface area contributed by atoms with Crippen LogP contribution in [0.3, 0.4) is 0 Å². The maximum Gasteiger partial charge on any atom is 0.409 e. The second kappa shape index (κ2) is 6.95. The fraction of sp³-hybridized carbons (Fsp3) is 0.923. The molecule has 2 aliphatic rings. The SMILES string of the molecule is CCOC(=O)N1CCC(N[C@@H]2CCCNC2)CC1. The summed E-state index contributed by atoms with van der Waals surface area (Å²) in [7, 11) is 0. The minimum Gasteiger partial charge on any atom is -0.450 e. The molecule has 0 aromatic heterocycles. The molecule has 0 unspecified atom stereocenters. The highest BCUT2D eigenvalue weighted by molar-refractivity contribution is 5.67. The first-order valence-corrected chi connectivity index (χ1v) is 7.18. The van der Waals surface area contributed by atoms with Gasteiger partial charge in [-0.2, -0.15) is 0 Å². The van der Waals surface area contributed by atoms with Crippen LogP contribution in [0, 0.1) is 0 Å². The molecule has 0 saturated carbocycles. The third-order valence-electron chi connectivity index (χ3n) is 3.79. The van der Waals surface area contributed by atoms with Crippen LogP contribution >= 0.6 is 0 Å². The summed E-state index contributed by atoms with van der Waals surface area (Å²) >= 11 is 0. The second-order valence-electron chi connectivity index (χ2n) is 5.17. The van der Waals surface area contributed by atoms with Crippen molar-refractivity contribution in [2.75, 3.05) is 32.8 Å². The summed E-state index contributed by atoms with van der Waals surface area (Å²) in [4.78, 5) is 13.4. The first-order valence-electron chi connectivity index (χ1n) is 7.18. The summed E-state index contributed by atoms with van der Waals surface area (Å²) in [6.45, 7) is 6.18. The van der Waals surface area contributed by atoms with Gasteiger partial charge in [-0.3, -0.25) is 0 Å². The average Bonchev–Trinajstić information content (AvgIpc) is 2.41. The minimum atomic E-state index is -0.157. The number of ether oxygens (including phenoxy) is 1. The number of piperidine rings is 2. The molecule has 5 nitrogen and oxygen atoms in total. The topological polar surface area (TPSA) is 53.6 Å². The van der Waals surface area contributed by atoms with Gasteiger partial charge in [-0.05, 0) is 39.2 Å². The van der Waals surface area contributed by atoms with E-state index in [9.17, 15) is 4.79 Å². The Bertz CT molecular complexity index is 259. The average molecular weight is 255 g/mol. The lowest BCUT2D eigenvalue weighted by atomic mass is 10.0. The summed E-state index contributed by atoms with van der Waals surface area (Å²) < 4.78 is 5.02. The number of carbonyl (C=O) groups is 1. The van der Waals surface area contributed by atoms with Gasteiger partial charge in [0.15, 0.2) is 0 Å². The highest BCUT2D eigenvalue weighted by atomic mass is 16.6. The maximum absolute atomic E-state index is 11.6. The third-order valence-corrected chi connectivity index (χ3v) is 3.79. The van der Waals surface area contributed by atoms with Crippen LogP contribution in [0.4, 0.5) is 4.79 Å². The predicted molar refractivity (Wildman–Crippen MR) is 70.6 cm³/mol. The van der Waals surface area contributed by atoms with Crippen LogP contribution in [0.5, 0.6) is 0 Å². The van der Waals surface area contributed by atoms with Crippen molar-refractivity contribution < 1.29 is 9.53 Å². The third kappa shape index (κ3) is 3.85. The van der Waals surface area contributed by atoms with Crippen LogP contribution in [-0.2, 0) is 4.74 Å². The zero-order valence-corrected chi connectivity index (χ0v) is 11.3. The second-order valence-corrected chi connectivity index (χ2v) is 5.17. The van der Waals surface area contributed by atoms with Gasteiger partial charge in [0, 0.05) is 31.7 Å². The van der Waals surface area contributed by atoms with Gasteiger partial charge in [0.05, 0.1) is 6.61 Å². The summed E-state index contributed by atoms with van der Waals surface area (Å²) in [5, 5.41) is 7.13. The fourth-order valence-corrected chi connectivity index (χ4v) is 2.77. The van der Waals surface area contributed by atoms with Crippen molar-refractivity contribution in [1.82, 2.24) is 15.5 Å². The first kappa shape index (κ1) is 13.6. The van der Waals surface area contributed by atoms with E-state index in [0.29, 0.717) is 18.7 Å². The molecule has 0 spiro atoms. The highest BCUT2D eigenvalue weighted by Gasteiger charge is 2.25. The molecule has 2 rings (SSSR count). The maximum atomic E-state index is 11.6. The summed E-state index contributed by atoms with van der Waals surface area (Å²) in [6.07, 6.45) is 4.45. The number of nitrogens with one attached hydrogen (secondary N) is 2. The van der Waals surface area contributed by atoms with Gasteiger partial charge in [0.1, 0.15) is 0 Å². The van der Waals surface area contributed by atoms with E-state index in [4.69, 9.17) is 4.74 Å². The zero-order valence-electron chi connectivity index (χ0n) is 11.3. The number of rotatable bonds is 3. The standard InChI is InChI=1S/C13H25N3O2/c1-2-18-13(17)16-8-5-11(6-9-16)15-12-4-3-7-14-10-12/h11-12,14-15H,2-10H2,1H3/t12-/m1/s1. The van der Waals surface area contributed by atoms with E-state index in [0.717, 1.165) is 39.0 Å². The number of hydrogen-bond donors (Lipinski definition) is 2. The van der Waals surface area contributed by atoms with Gasteiger partial charge in [-0.25, -0.2) is 4.79 Å². The Labute approximate surface area is 109 Å². The molecule has 0 bridgehead atoms. The zero-order chi connectivity index (χ0) is 12.8. The summed E-state index contributed by atoms with van der Waals surface area (Å²) in [5.74, 6) is 0. The smallest absolute Gasteiger partial charge is 0.409 e. The van der Waals surface area contributed by atoms with E-state index < -0.39 is 0 Å². The lowest BCUT2D eigenvalue weighted by molar-refractivity contribution is 0.0938. The summed E-state index contributed by atoms with van der Waals surface area (Å²) in [5.41, 5.74) is 0. The van der Waals surface area contributed by atoms with Gasteiger partial charge in [-0.15, -0.1) is 0 Å². The van der Waals surface area contributed by atoms with Crippen LogP contribution in [0.1, 0.15) is 32.6 Å². The Morgan fingerprint density at radius 2 is 2.11 bits per heavy atom. The lowest BCUT2D eigenvalue weighted by Gasteiger charge is -2.35. The fourth-order valence-electron chi connectivity index (χ4n) is 2.77. The molecule has 0 aromatic rings. The molecule has 18 heavy (non-hydrogen) atoms. The molecular weight excluding hydrogens is 230 g/mol. The number of amides is 1. The van der Waals surface area contributed by atoms with Crippen LogP contribution in [-0.4, -0.2) is 55.9 Å². The van der Waals surface area contributed by atoms with Crippen molar-refractivity contribution in [2.45, 2.75) is 44.7 Å². The van der Waals surface area contributed by atoms with Crippen molar-refractivity contribution in [2.24, 2.45) is 0 Å². The molecular formula is C13H25N3O2. The van der Waals surface area contributed by atoms with E-state index in [1.165, 1.54) is 12.8 Å². The van der Waals surface area contributed by atoms with Crippen LogP contribution in [0.2, 0.25) is 0 Å². The van der Waals surface area contributed by atoms with Crippen molar-refractivity contribution in [3.63, 3.8) is 0 Å². The molecule has 5 heteroatoms. The van der Waals surface area contributed by atoms with Crippen molar-refractivity contribution in [3.8, 4) is 0 Å². The first-order chi connectivity index (χ1) is 8.79. The van der Waals surface area contributed by atoms with Gasteiger partial charge in [0.25, 0.3) is 0 Å². The Hall–Kier alpha value is -0.810. The molecule has 2 aliphatic heterocycles. The molecule has 1 atom stereocenters. The Kier molecular flexibility index (Phi) is 5.26. The van der Waals surface area contributed by atoms with Crippen LogP contribution in [0.25, 0.3) is 0 Å². The van der Waals surface area contributed by atoms with Gasteiger partial charge < -0.3 is 20.3 Å². The van der Waals surface area contributed by atoms with Crippen molar-refractivity contribution in [1.29, 1.82) is 0 Å². The van der Waals surface area contributed by atoms with Crippen LogP contribution in [0.15, 0.2) is 0 Å². The van der Waals surface area contributed by atoms with E-state index in [1.54, 1.807) is 0 Å². The van der Waals surface area contributed by atoms with Crippen molar-refractivity contribution >= 4 is 6.09 Å². The molecule has 104 valence electrons. The number of nitrogens with zero attached hydrogens (tertiary/aromatic N) is 1. The molecule has 0 radical (unpaired) electrons. The quantitative estimate of drug-likeness (QED) is 0.788. The van der Waals surface area contributed by atoms with Gasteiger partial charge in [-0.1, -0.05) is 0 Å². The molecule has 2 N–H and O–H groups in total. The Morgan fingerprint density at radius 3 is 2.72 bits per heavy atom. The molecule has 1 amide bonds. The molecule has 0 aliphatic carbocycles.